The van der Waals surface area contributed by atoms with Crippen molar-refractivity contribution >= 4 is 33.5 Å². The molecule has 0 spiro atoms. The summed E-state index contributed by atoms with van der Waals surface area (Å²) in [6.07, 6.45) is -0.00294. The largest absolute Gasteiger partial charge is 0.486 e. The molecule has 0 bridgehead atoms. The van der Waals surface area contributed by atoms with E-state index in [1.165, 1.54) is 33.5 Å². The molecule has 0 atom stereocenters. The second kappa shape index (κ2) is 9.98. The number of fused-ring (bicyclic) bond motifs is 1. The van der Waals surface area contributed by atoms with Crippen LogP contribution in [-0.4, -0.2) is 75.5 Å². The highest BCUT2D eigenvalue weighted by atomic mass is 35.5. The zero-order valence-corrected chi connectivity index (χ0v) is 19.3. The summed E-state index contributed by atoms with van der Waals surface area (Å²) in [4.78, 5) is 26.3. The van der Waals surface area contributed by atoms with E-state index in [0.29, 0.717) is 35.3 Å². The molecular weight excluding hydrogens is 472 g/mol. The summed E-state index contributed by atoms with van der Waals surface area (Å²) in [7, 11) is -3.66. The van der Waals surface area contributed by atoms with Gasteiger partial charge in [-0.05, 0) is 42.0 Å². The minimum Gasteiger partial charge on any atom is -0.486 e. The average molecular weight is 495 g/mol. The second-order valence-electron chi connectivity index (χ2n) is 7.55. The highest BCUT2D eigenvalue weighted by molar-refractivity contribution is 7.89. The van der Waals surface area contributed by atoms with Crippen molar-refractivity contribution in [2.75, 3.05) is 46.0 Å². The molecule has 0 radical (unpaired) electrons. The van der Waals surface area contributed by atoms with Crippen molar-refractivity contribution in [1.82, 2.24) is 9.21 Å². The van der Waals surface area contributed by atoms with E-state index in [1.54, 1.807) is 18.2 Å². The molecule has 0 saturated carbocycles. The lowest BCUT2D eigenvalue weighted by atomic mass is 10.1. The van der Waals surface area contributed by atoms with Crippen LogP contribution in [0.4, 0.5) is 0 Å². The van der Waals surface area contributed by atoms with Crippen LogP contribution in [0, 0.1) is 0 Å². The van der Waals surface area contributed by atoms with E-state index < -0.39 is 22.6 Å². The van der Waals surface area contributed by atoms with Gasteiger partial charge in [0.25, 0.3) is 5.91 Å². The number of piperazine rings is 1. The zero-order chi connectivity index (χ0) is 23.4. The number of nitrogens with zero attached hydrogens (tertiary/aromatic N) is 2. The van der Waals surface area contributed by atoms with Crippen molar-refractivity contribution in [2.24, 2.45) is 0 Å². The minimum absolute atomic E-state index is 0.00294. The summed E-state index contributed by atoms with van der Waals surface area (Å²) in [5.74, 6) is 0.304. The molecule has 2 aromatic rings. The van der Waals surface area contributed by atoms with E-state index in [2.05, 4.69) is 0 Å². The number of ether oxygens (including phenoxy) is 3. The number of hydrogen-bond donors (Lipinski definition) is 0. The maximum absolute atomic E-state index is 12.7. The van der Waals surface area contributed by atoms with Crippen molar-refractivity contribution in [3.8, 4) is 11.5 Å². The summed E-state index contributed by atoms with van der Waals surface area (Å²) in [5.41, 5.74) is 0.692. The molecule has 11 heteroatoms. The lowest BCUT2D eigenvalue weighted by Gasteiger charge is -2.33. The monoisotopic (exact) mass is 494 g/mol. The SMILES string of the molecule is O=C(Cc1ccc2c(c1)OCCO2)OCC(=O)N1CCN(S(=O)(=O)c2ccc(Cl)cc2)CC1. The van der Waals surface area contributed by atoms with Crippen molar-refractivity contribution in [2.45, 2.75) is 11.3 Å². The van der Waals surface area contributed by atoms with Crippen LogP contribution in [0.2, 0.25) is 5.02 Å². The highest BCUT2D eigenvalue weighted by Crippen LogP contribution is 2.31. The lowest BCUT2D eigenvalue weighted by molar-refractivity contribution is -0.152. The highest BCUT2D eigenvalue weighted by Gasteiger charge is 2.30. The molecule has 0 unspecified atom stereocenters. The van der Waals surface area contributed by atoms with Crippen LogP contribution in [0.3, 0.4) is 0 Å². The number of hydrogen-bond acceptors (Lipinski definition) is 7. The molecule has 2 aliphatic rings. The van der Waals surface area contributed by atoms with Crippen LogP contribution in [0.5, 0.6) is 11.5 Å². The van der Waals surface area contributed by atoms with Gasteiger partial charge in [0, 0.05) is 31.2 Å². The Labute approximate surface area is 196 Å². The molecule has 1 saturated heterocycles. The fourth-order valence-electron chi connectivity index (χ4n) is 3.58. The van der Waals surface area contributed by atoms with Gasteiger partial charge >= 0.3 is 5.97 Å². The van der Waals surface area contributed by atoms with E-state index in [-0.39, 0.29) is 43.4 Å². The molecule has 2 aliphatic heterocycles. The van der Waals surface area contributed by atoms with Crippen LogP contribution < -0.4 is 9.47 Å². The van der Waals surface area contributed by atoms with Crippen molar-refractivity contribution < 1.29 is 32.2 Å². The van der Waals surface area contributed by atoms with Gasteiger partial charge in [-0.1, -0.05) is 17.7 Å². The molecule has 9 nitrogen and oxygen atoms in total. The molecule has 33 heavy (non-hydrogen) atoms. The van der Waals surface area contributed by atoms with E-state index in [4.69, 9.17) is 25.8 Å². The second-order valence-corrected chi connectivity index (χ2v) is 9.93. The standard InChI is InChI=1S/C22H23ClN2O7S/c23-17-2-4-18(5-3-17)33(28,29)25-9-7-24(8-10-25)21(26)15-32-22(27)14-16-1-6-19-20(13-16)31-12-11-30-19/h1-6,13H,7-12,14-15H2. The Morgan fingerprint density at radius 1 is 0.939 bits per heavy atom. The maximum Gasteiger partial charge on any atom is 0.310 e. The van der Waals surface area contributed by atoms with Gasteiger partial charge < -0.3 is 19.1 Å². The number of sulfonamides is 1. The van der Waals surface area contributed by atoms with Gasteiger partial charge in [-0.25, -0.2) is 8.42 Å². The van der Waals surface area contributed by atoms with Gasteiger partial charge in [0.1, 0.15) is 13.2 Å². The molecule has 1 amide bonds. The molecule has 4 rings (SSSR count). The first-order chi connectivity index (χ1) is 15.8. The van der Waals surface area contributed by atoms with Crippen LogP contribution >= 0.6 is 11.6 Å². The topological polar surface area (TPSA) is 102 Å². The number of carbonyl (C=O) groups is 2. The molecule has 0 aromatic heterocycles. The molecule has 0 aliphatic carbocycles. The first kappa shape index (κ1) is 23.3. The fourth-order valence-corrected chi connectivity index (χ4v) is 5.13. The van der Waals surface area contributed by atoms with Crippen LogP contribution in [-0.2, 0) is 30.8 Å². The Balaban J connectivity index is 1.24. The Kier molecular flexibility index (Phi) is 7.06. The summed E-state index contributed by atoms with van der Waals surface area (Å²) >= 11 is 5.83. The Bertz CT molecular complexity index is 1130. The quantitative estimate of drug-likeness (QED) is 0.563. The van der Waals surface area contributed by atoms with Gasteiger partial charge in [0.2, 0.25) is 10.0 Å². The third-order valence-corrected chi connectivity index (χ3v) is 7.52. The summed E-state index contributed by atoms with van der Waals surface area (Å²) in [5, 5.41) is 0.452. The summed E-state index contributed by atoms with van der Waals surface area (Å²) in [6, 6.07) is 11.2. The summed E-state index contributed by atoms with van der Waals surface area (Å²) < 4.78 is 42.9. The first-order valence-electron chi connectivity index (χ1n) is 10.4. The summed E-state index contributed by atoms with van der Waals surface area (Å²) in [6.45, 7) is 1.27. The number of amides is 1. The Morgan fingerprint density at radius 3 is 2.30 bits per heavy atom. The maximum atomic E-state index is 12.7. The molecule has 2 aromatic carbocycles. The number of esters is 1. The molecule has 0 N–H and O–H groups in total. The third kappa shape index (κ3) is 5.58. The normalized spacial score (nSPS) is 16.3. The number of halogens is 1. The Morgan fingerprint density at radius 2 is 1.61 bits per heavy atom. The minimum atomic E-state index is -3.66. The molecule has 2 heterocycles. The van der Waals surface area contributed by atoms with Crippen molar-refractivity contribution in [3.63, 3.8) is 0 Å². The van der Waals surface area contributed by atoms with Crippen LogP contribution in [0.25, 0.3) is 0 Å². The van der Waals surface area contributed by atoms with E-state index >= 15 is 0 Å². The van der Waals surface area contributed by atoms with Gasteiger partial charge in [0.15, 0.2) is 18.1 Å². The zero-order valence-electron chi connectivity index (χ0n) is 17.7. The van der Waals surface area contributed by atoms with E-state index in [9.17, 15) is 18.0 Å². The van der Waals surface area contributed by atoms with Crippen LogP contribution in [0.1, 0.15) is 5.56 Å². The average Bonchev–Trinajstić information content (AvgIpc) is 2.83. The van der Waals surface area contributed by atoms with Gasteiger partial charge in [0.05, 0.1) is 11.3 Å². The predicted molar refractivity (Wildman–Crippen MR) is 119 cm³/mol. The molecule has 1 fully saturated rings. The molecular formula is C22H23ClN2O7S. The number of benzene rings is 2. The van der Waals surface area contributed by atoms with E-state index in [1.807, 2.05) is 0 Å². The smallest absolute Gasteiger partial charge is 0.310 e. The molecule has 176 valence electrons. The first-order valence-corrected chi connectivity index (χ1v) is 12.2. The Hall–Kier alpha value is -2.82. The van der Waals surface area contributed by atoms with Gasteiger partial charge in [-0.2, -0.15) is 4.31 Å². The number of carbonyl (C=O) groups excluding carboxylic acids is 2. The van der Waals surface area contributed by atoms with Gasteiger partial charge in [-0.3, -0.25) is 9.59 Å². The van der Waals surface area contributed by atoms with Crippen molar-refractivity contribution in [1.29, 1.82) is 0 Å². The van der Waals surface area contributed by atoms with Crippen LogP contribution in [0.15, 0.2) is 47.4 Å². The lowest BCUT2D eigenvalue weighted by Crippen LogP contribution is -2.51. The van der Waals surface area contributed by atoms with E-state index in [0.717, 1.165) is 0 Å². The van der Waals surface area contributed by atoms with Gasteiger partial charge in [-0.15, -0.1) is 0 Å². The number of rotatable bonds is 6. The fraction of sp³-hybridized carbons (Fsp3) is 0.364. The van der Waals surface area contributed by atoms with Crippen molar-refractivity contribution in [3.05, 3.63) is 53.1 Å². The predicted octanol–water partition coefficient (Wildman–Crippen LogP) is 1.73. The third-order valence-electron chi connectivity index (χ3n) is 5.35.